The molecule has 0 bridgehead atoms. The molecule has 1 rings (SSSR count). The van der Waals surface area contributed by atoms with Crippen molar-refractivity contribution in [3.05, 3.63) is 18.2 Å². The Morgan fingerprint density at radius 3 is 2.68 bits per heavy atom. The lowest BCUT2D eigenvalue weighted by Crippen LogP contribution is -2.03. The summed E-state index contributed by atoms with van der Waals surface area (Å²) in [5.74, 6) is 0.824. The first-order valence-corrected chi connectivity index (χ1v) is 7.14. The van der Waals surface area contributed by atoms with Gasteiger partial charge in [-0.15, -0.1) is 0 Å². The van der Waals surface area contributed by atoms with E-state index in [0.29, 0.717) is 13.2 Å². The van der Waals surface area contributed by atoms with E-state index in [9.17, 15) is 0 Å². The van der Waals surface area contributed by atoms with Gasteiger partial charge in [0.1, 0.15) is 5.75 Å². The zero-order valence-electron chi connectivity index (χ0n) is 11.8. The van der Waals surface area contributed by atoms with Crippen molar-refractivity contribution in [2.45, 2.75) is 39.0 Å². The zero-order chi connectivity index (χ0) is 13.9. The van der Waals surface area contributed by atoms with Gasteiger partial charge in [0.2, 0.25) is 0 Å². The van der Waals surface area contributed by atoms with Crippen molar-refractivity contribution in [2.24, 2.45) is 0 Å². The van der Waals surface area contributed by atoms with Crippen molar-refractivity contribution in [2.75, 3.05) is 30.8 Å². The molecule has 1 aromatic carbocycles. The number of unbranched alkanes of at least 4 members (excludes halogenated alkanes) is 3. The van der Waals surface area contributed by atoms with Crippen molar-refractivity contribution in [1.29, 1.82) is 0 Å². The molecule has 0 aromatic heterocycles. The molecule has 4 heteroatoms. The molecule has 4 N–H and O–H groups in total. The number of nitrogens with one attached hydrogen (secondary N) is 1. The Bertz CT molecular complexity index is 356. The normalized spacial score (nSPS) is 10.4. The van der Waals surface area contributed by atoms with E-state index in [0.717, 1.165) is 55.8 Å². The van der Waals surface area contributed by atoms with Crippen LogP contribution in [0.3, 0.4) is 0 Å². The Labute approximate surface area is 116 Å². The number of aliphatic hydroxyl groups is 1. The molecule has 19 heavy (non-hydrogen) atoms. The average Bonchev–Trinajstić information content (AvgIpc) is 2.40. The van der Waals surface area contributed by atoms with Gasteiger partial charge in [-0.3, -0.25) is 0 Å². The van der Waals surface area contributed by atoms with E-state index in [1.54, 1.807) is 0 Å². The molecule has 0 heterocycles. The highest BCUT2D eigenvalue weighted by atomic mass is 16.5. The number of rotatable bonds is 10. The standard InChI is InChI=1S/C15H26N2O2/c1-2-9-19-15-11-13(16)10-14(12-15)17-7-5-3-4-6-8-18/h10-12,17-18H,2-9,16H2,1H3. The highest BCUT2D eigenvalue weighted by Gasteiger charge is 2.00. The molecule has 1 aromatic rings. The molecule has 0 unspecified atom stereocenters. The number of hydrogen-bond acceptors (Lipinski definition) is 4. The number of aliphatic hydroxyl groups excluding tert-OH is 1. The third kappa shape index (κ3) is 6.91. The molecule has 0 fully saturated rings. The van der Waals surface area contributed by atoms with Crippen LogP contribution in [0, 0.1) is 0 Å². The monoisotopic (exact) mass is 266 g/mol. The molecule has 0 atom stereocenters. The zero-order valence-corrected chi connectivity index (χ0v) is 11.8. The summed E-state index contributed by atoms with van der Waals surface area (Å²) in [7, 11) is 0. The van der Waals surface area contributed by atoms with Crippen LogP contribution >= 0.6 is 0 Å². The summed E-state index contributed by atoms with van der Waals surface area (Å²) in [6.45, 7) is 4.00. The van der Waals surface area contributed by atoms with Crippen molar-refractivity contribution in [3.8, 4) is 5.75 Å². The largest absolute Gasteiger partial charge is 0.493 e. The Kier molecular flexibility index (Phi) is 7.82. The van der Waals surface area contributed by atoms with Gasteiger partial charge in [0.15, 0.2) is 0 Å². The minimum Gasteiger partial charge on any atom is -0.493 e. The maximum atomic E-state index is 8.69. The van der Waals surface area contributed by atoms with E-state index < -0.39 is 0 Å². The number of anilines is 2. The lowest BCUT2D eigenvalue weighted by atomic mass is 10.2. The van der Waals surface area contributed by atoms with Crippen LogP contribution < -0.4 is 15.8 Å². The maximum absolute atomic E-state index is 8.69. The van der Waals surface area contributed by atoms with Crippen LogP contribution in [0.15, 0.2) is 18.2 Å². The molecule has 0 radical (unpaired) electrons. The second-order valence-corrected chi connectivity index (χ2v) is 4.70. The summed E-state index contributed by atoms with van der Waals surface area (Å²) >= 11 is 0. The van der Waals surface area contributed by atoms with Gasteiger partial charge in [-0.1, -0.05) is 19.8 Å². The molecular formula is C15H26N2O2. The van der Waals surface area contributed by atoms with Crippen molar-refractivity contribution in [3.63, 3.8) is 0 Å². The second-order valence-electron chi connectivity index (χ2n) is 4.70. The molecule has 0 saturated carbocycles. The summed E-state index contributed by atoms with van der Waals surface area (Å²) in [6.07, 6.45) is 5.20. The second kappa shape index (κ2) is 9.50. The van der Waals surface area contributed by atoms with Gasteiger partial charge in [0.05, 0.1) is 6.61 Å². The van der Waals surface area contributed by atoms with Gasteiger partial charge < -0.3 is 20.9 Å². The van der Waals surface area contributed by atoms with Crippen LogP contribution in [0.1, 0.15) is 39.0 Å². The first kappa shape index (κ1) is 15.6. The molecule has 0 aliphatic rings. The van der Waals surface area contributed by atoms with Gasteiger partial charge in [-0.05, 0) is 25.3 Å². The van der Waals surface area contributed by atoms with E-state index in [-0.39, 0.29) is 0 Å². The van der Waals surface area contributed by atoms with Crippen LogP contribution in [-0.2, 0) is 0 Å². The molecule has 0 saturated heterocycles. The Morgan fingerprint density at radius 2 is 1.95 bits per heavy atom. The molecule has 4 nitrogen and oxygen atoms in total. The predicted molar refractivity (Wildman–Crippen MR) is 80.7 cm³/mol. The van der Waals surface area contributed by atoms with E-state index >= 15 is 0 Å². The quantitative estimate of drug-likeness (QED) is 0.450. The maximum Gasteiger partial charge on any atom is 0.123 e. The predicted octanol–water partition coefficient (Wildman–Crippen LogP) is 3.02. The van der Waals surface area contributed by atoms with E-state index in [4.69, 9.17) is 15.6 Å². The molecular weight excluding hydrogens is 240 g/mol. The number of nitrogen functional groups attached to an aromatic ring is 1. The lowest BCUT2D eigenvalue weighted by Gasteiger charge is -2.11. The number of benzene rings is 1. The van der Waals surface area contributed by atoms with Gasteiger partial charge in [0, 0.05) is 36.7 Å². The third-order valence-corrected chi connectivity index (χ3v) is 2.82. The van der Waals surface area contributed by atoms with Crippen molar-refractivity contribution >= 4 is 11.4 Å². The van der Waals surface area contributed by atoms with Crippen molar-refractivity contribution in [1.82, 2.24) is 0 Å². The van der Waals surface area contributed by atoms with Crippen LogP contribution in [0.5, 0.6) is 5.75 Å². The van der Waals surface area contributed by atoms with E-state index in [1.807, 2.05) is 18.2 Å². The molecule has 0 amide bonds. The SMILES string of the molecule is CCCOc1cc(N)cc(NCCCCCCO)c1. The van der Waals surface area contributed by atoms with Crippen LogP contribution in [-0.4, -0.2) is 24.9 Å². The topological polar surface area (TPSA) is 67.5 Å². The van der Waals surface area contributed by atoms with E-state index in [1.165, 1.54) is 0 Å². The molecule has 0 spiro atoms. The number of hydrogen-bond donors (Lipinski definition) is 3. The Morgan fingerprint density at radius 1 is 1.16 bits per heavy atom. The van der Waals surface area contributed by atoms with Crippen LogP contribution in [0.25, 0.3) is 0 Å². The summed E-state index contributed by atoms with van der Waals surface area (Å²) < 4.78 is 5.59. The minimum atomic E-state index is 0.292. The van der Waals surface area contributed by atoms with E-state index in [2.05, 4.69) is 12.2 Å². The van der Waals surface area contributed by atoms with Gasteiger partial charge in [-0.25, -0.2) is 0 Å². The fraction of sp³-hybridized carbons (Fsp3) is 0.600. The third-order valence-electron chi connectivity index (χ3n) is 2.82. The minimum absolute atomic E-state index is 0.292. The fourth-order valence-electron chi connectivity index (χ4n) is 1.85. The smallest absolute Gasteiger partial charge is 0.123 e. The van der Waals surface area contributed by atoms with Crippen molar-refractivity contribution < 1.29 is 9.84 Å². The Balaban J connectivity index is 2.34. The Hall–Kier alpha value is -1.42. The molecule has 108 valence electrons. The summed E-state index contributed by atoms with van der Waals surface area (Å²) in [6, 6.07) is 5.76. The number of nitrogens with two attached hydrogens (primary N) is 1. The molecule has 0 aliphatic carbocycles. The summed E-state index contributed by atoms with van der Waals surface area (Å²) in [5.41, 5.74) is 7.58. The van der Waals surface area contributed by atoms with Gasteiger partial charge >= 0.3 is 0 Å². The summed E-state index contributed by atoms with van der Waals surface area (Å²) in [5, 5.41) is 12.0. The lowest BCUT2D eigenvalue weighted by molar-refractivity contribution is 0.283. The first-order chi connectivity index (χ1) is 9.26. The van der Waals surface area contributed by atoms with Crippen LogP contribution in [0.2, 0.25) is 0 Å². The van der Waals surface area contributed by atoms with Gasteiger partial charge in [0.25, 0.3) is 0 Å². The fourth-order valence-corrected chi connectivity index (χ4v) is 1.85. The number of ether oxygens (including phenoxy) is 1. The van der Waals surface area contributed by atoms with Gasteiger partial charge in [-0.2, -0.15) is 0 Å². The highest BCUT2D eigenvalue weighted by Crippen LogP contribution is 2.22. The molecule has 0 aliphatic heterocycles. The van der Waals surface area contributed by atoms with Crippen LogP contribution in [0.4, 0.5) is 11.4 Å². The average molecular weight is 266 g/mol. The highest BCUT2D eigenvalue weighted by molar-refractivity contribution is 5.59. The summed E-state index contributed by atoms with van der Waals surface area (Å²) in [4.78, 5) is 0. The first-order valence-electron chi connectivity index (χ1n) is 7.14.